The van der Waals surface area contributed by atoms with Crippen LogP contribution in [0.25, 0.3) is 0 Å². The van der Waals surface area contributed by atoms with Crippen molar-refractivity contribution in [1.82, 2.24) is 9.80 Å². The highest BCUT2D eigenvalue weighted by molar-refractivity contribution is 5.67. The fraction of sp³-hybridized carbons (Fsp3) is 0.269. The Morgan fingerprint density at radius 2 is 1.07 bits per heavy atom. The van der Waals surface area contributed by atoms with Crippen molar-refractivity contribution >= 4 is 6.09 Å². The molecule has 0 spiro atoms. The lowest BCUT2D eigenvalue weighted by Gasteiger charge is -2.51. The van der Waals surface area contributed by atoms with Gasteiger partial charge in [-0.3, -0.25) is 9.80 Å². The Balaban J connectivity index is 1.72. The molecule has 2 saturated heterocycles. The fourth-order valence-electron chi connectivity index (χ4n) is 5.57. The highest BCUT2D eigenvalue weighted by Crippen LogP contribution is 2.45. The minimum atomic E-state index is -0.785. The van der Waals surface area contributed by atoms with E-state index in [-0.39, 0.29) is 12.1 Å². The summed E-state index contributed by atoms with van der Waals surface area (Å²) in [6, 6.07) is 32.0. The van der Waals surface area contributed by atoms with E-state index in [1.54, 1.807) is 4.90 Å². The molecule has 0 aromatic heterocycles. The third kappa shape index (κ3) is 2.91. The first-order valence-electron chi connectivity index (χ1n) is 10.6. The third-order valence-electron chi connectivity index (χ3n) is 6.75. The summed E-state index contributed by atoms with van der Waals surface area (Å²) in [4.78, 5) is 16.1. The number of carboxylic acid groups (broad SMARTS) is 1. The van der Waals surface area contributed by atoms with Gasteiger partial charge in [0.1, 0.15) is 0 Å². The molecule has 2 bridgehead atoms. The smallest absolute Gasteiger partial charge is 0.407 e. The van der Waals surface area contributed by atoms with Crippen molar-refractivity contribution in [2.24, 2.45) is 0 Å². The first-order chi connectivity index (χ1) is 14.7. The third-order valence-corrected chi connectivity index (χ3v) is 6.75. The molecule has 5 rings (SSSR count). The molecule has 4 heteroatoms. The Labute approximate surface area is 177 Å². The van der Waals surface area contributed by atoms with Crippen LogP contribution in [0.5, 0.6) is 0 Å². The lowest BCUT2D eigenvalue weighted by molar-refractivity contribution is 0.0275. The van der Waals surface area contributed by atoms with E-state index >= 15 is 0 Å². The number of amides is 1. The van der Waals surface area contributed by atoms with Crippen molar-refractivity contribution in [2.75, 3.05) is 13.1 Å². The topological polar surface area (TPSA) is 43.8 Å². The Kier molecular flexibility index (Phi) is 4.80. The Hall–Kier alpha value is -3.11. The van der Waals surface area contributed by atoms with Gasteiger partial charge in [0, 0.05) is 25.2 Å². The number of rotatable bonds is 4. The van der Waals surface area contributed by atoms with Crippen molar-refractivity contribution in [3.05, 3.63) is 108 Å². The minimum absolute atomic E-state index is 0.0387. The van der Waals surface area contributed by atoms with Crippen molar-refractivity contribution in [3.63, 3.8) is 0 Å². The average Bonchev–Trinajstić information content (AvgIpc) is 3.07. The van der Waals surface area contributed by atoms with Gasteiger partial charge in [0.2, 0.25) is 0 Å². The molecule has 2 heterocycles. The maximum atomic E-state index is 11.9. The molecule has 2 fully saturated rings. The van der Waals surface area contributed by atoms with Gasteiger partial charge in [0.15, 0.2) is 0 Å². The molecule has 1 amide bonds. The van der Waals surface area contributed by atoms with E-state index in [0.717, 1.165) is 25.9 Å². The second-order valence-electron chi connectivity index (χ2n) is 8.29. The Morgan fingerprint density at radius 1 is 0.700 bits per heavy atom. The van der Waals surface area contributed by atoms with E-state index in [2.05, 4.69) is 95.9 Å². The summed E-state index contributed by atoms with van der Waals surface area (Å²) < 4.78 is 0. The number of carbonyl (C=O) groups is 1. The van der Waals surface area contributed by atoms with Gasteiger partial charge in [-0.2, -0.15) is 0 Å². The maximum Gasteiger partial charge on any atom is 0.407 e. The van der Waals surface area contributed by atoms with E-state index in [9.17, 15) is 9.90 Å². The number of nitrogens with zero attached hydrogens (tertiary/aromatic N) is 2. The van der Waals surface area contributed by atoms with E-state index < -0.39 is 11.6 Å². The zero-order valence-electron chi connectivity index (χ0n) is 16.9. The van der Waals surface area contributed by atoms with Crippen LogP contribution in [0.2, 0.25) is 0 Å². The van der Waals surface area contributed by atoms with Crippen LogP contribution < -0.4 is 0 Å². The predicted octanol–water partition coefficient (Wildman–Crippen LogP) is 4.81. The van der Waals surface area contributed by atoms with Gasteiger partial charge in [-0.1, -0.05) is 91.0 Å². The molecule has 1 N–H and O–H groups in total. The largest absolute Gasteiger partial charge is 0.465 e. The molecule has 2 aliphatic heterocycles. The molecule has 2 aliphatic rings. The van der Waals surface area contributed by atoms with Gasteiger partial charge < -0.3 is 5.11 Å². The van der Waals surface area contributed by atoms with Crippen LogP contribution in [0.3, 0.4) is 0 Å². The van der Waals surface area contributed by atoms with E-state index in [0.29, 0.717) is 0 Å². The summed E-state index contributed by atoms with van der Waals surface area (Å²) in [5.74, 6) is 0. The van der Waals surface area contributed by atoms with Crippen molar-refractivity contribution in [1.29, 1.82) is 0 Å². The SMILES string of the molecule is O=C(O)N1C2CCC1CN(C(c1ccccc1)(c1ccccc1)c1ccccc1)C2. The molecule has 2 unspecified atom stereocenters. The van der Waals surface area contributed by atoms with Crippen molar-refractivity contribution in [2.45, 2.75) is 30.5 Å². The van der Waals surface area contributed by atoms with Gasteiger partial charge in [-0.15, -0.1) is 0 Å². The number of likely N-dealkylation sites (tertiary alicyclic amines) is 1. The van der Waals surface area contributed by atoms with Crippen molar-refractivity contribution < 1.29 is 9.90 Å². The van der Waals surface area contributed by atoms with Gasteiger partial charge >= 0.3 is 6.09 Å². The second kappa shape index (κ2) is 7.62. The zero-order chi connectivity index (χ0) is 20.6. The first-order valence-corrected chi connectivity index (χ1v) is 10.6. The summed E-state index contributed by atoms with van der Waals surface area (Å²) in [5, 5.41) is 9.77. The first kappa shape index (κ1) is 18.9. The standard InChI is InChI=1S/C26H26N2O2/c29-25(30)28-23-16-17-24(28)19-27(18-23)26(20-10-4-1-5-11-20,21-12-6-2-7-13-21)22-14-8-3-9-15-22/h1-15,23-24H,16-19H2,(H,29,30). The summed E-state index contributed by atoms with van der Waals surface area (Å²) in [7, 11) is 0. The average molecular weight is 399 g/mol. The van der Waals surface area contributed by atoms with E-state index in [1.165, 1.54) is 16.7 Å². The predicted molar refractivity (Wildman–Crippen MR) is 117 cm³/mol. The van der Waals surface area contributed by atoms with Gasteiger partial charge in [0.05, 0.1) is 5.54 Å². The monoisotopic (exact) mass is 398 g/mol. The minimum Gasteiger partial charge on any atom is -0.465 e. The molecule has 3 aromatic rings. The second-order valence-corrected chi connectivity index (χ2v) is 8.29. The normalized spacial score (nSPS) is 21.5. The molecule has 152 valence electrons. The number of hydrogen-bond acceptors (Lipinski definition) is 2. The quantitative estimate of drug-likeness (QED) is 0.642. The lowest BCUT2D eigenvalue weighted by atomic mass is 9.75. The van der Waals surface area contributed by atoms with Crippen LogP contribution >= 0.6 is 0 Å². The molecule has 0 radical (unpaired) electrons. The molecule has 0 aliphatic carbocycles. The number of piperazine rings is 1. The molecular formula is C26H26N2O2. The molecule has 0 saturated carbocycles. The summed E-state index contributed by atoms with van der Waals surface area (Å²) in [6.07, 6.45) is 1.08. The molecule has 3 aromatic carbocycles. The van der Waals surface area contributed by atoms with Crippen LogP contribution in [-0.2, 0) is 5.54 Å². The van der Waals surface area contributed by atoms with Crippen LogP contribution in [0.15, 0.2) is 91.0 Å². The highest BCUT2D eigenvalue weighted by Gasteiger charge is 2.50. The van der Waals surface area contributed by atoms with Gasteiger partial charge in [-0.05, 0) is 29.5 Å². The maximum absolute atomic E-state index is 11.9. The highest BCUT2D eigenvalue weighted by atomic mass is 16.4. The molecule has 30 heavy (non-hydrogen) atoms. The van der Waals surface area contributed by atoms with Crippen molar-refractivity contribution in [3.8, 4) is 0 Å². The number of fused-ring (bicyclic) bond motifs is 2. The van der Waals surface area contributed by atoms with Gasteiger partial charge in [-0.25, -0.2) is 4.79 Å². The zero-order valence-corrected chi connectivity index (χ0v) is 16.9. The lowest BCUT2D eigenvalue weighted by Crippen LogP contribution is -2.61. The molecule has 2 atom stereocenters. The summed E-state index contributed by atoms with van der Waals surface area (Å²) >= 11 is 0. The number of hydrogen-bond donors (Lipinski definition) is 1. The summed E-state index contributed by atoms with van der Waals surface area (Å²) in [6.45, 7) is 1.45. The number of benzene rings is 3. The van der Waals surface area contributed by atoms with Crippen LogP contribution in [0.4, 0.5) is 4.79 Å². The molecule has 4 nitrogen and oxygen atoms in total. The van der Waals surface area contributed by atoms with Crippen LogP contribution in [0.1, 0.15) is 29.5 Å². The van der Waals surface area contributed by atoms with Crippen LogP contribution in [-0.4, -0.2) is 46.2 Å². The molecular weight excluding hydrogens is 372 g/mol. The summed E-state index contributed by atoms with van der Waals surface area (Å²) in [5.41, 5.74) is 3.18. The Morgan fingerprint density at radius 3 is 1.40 bits per heavy atom. The van der Waals surface area contributed by atoms with Crippen LogP contribution in [0, 0.1) is 0 Å². The fourth-order valence-corrected chi connectivity index (χ4v) is 5.57. The van der Waals surface area contributed by atoms with E-state index in [1.807, 2.05) is 0 Å². The Bertz CT molecular complexity index is 896. The van der Waals surface area contributed by atoms with E-state index in [4.69, 9.17) is 0 Å². The van der Waals surface area contributed by atoms with Gasteiger partial charge in [0.25, 0.3) is 0 Å².